The molecule has 0 aromatic heterocycles. The minimum atomic E-state index is -0.558. The van der Waals surface area contributed by atoms with Crippen LogP contribution in [0.4, 0.5) is 5.69 Å². The summed E-state index contributed by atoms with van der Waals surface area (Å²) in [6.07, 6.45) is -0.558. The lowest BCUT2D eigenvalue weighted by atomic mass is 10.0. The Bertz CT molecular complexity index is 711. The van der Waals surface area contributed by atoms with Gasteiger partial charge >= 0.3 is 0 Å². The van der Waals surface area contributed by atoms with Gasteiger partial charge in [-0.1, -0.05) is 23.8 Å². The molecule has 0 bridgehead atoms. The first-order chi connectivity index (χ1) is 10.8. The number of hydrogen-bond acceptors (Lipinski definition) is 2. The van der Waals surface area contributed by atoms with Crippen molar-refractivity contribution in [3.63, 3.8) is 0 Å². The Morgan fingerprint density at radius 2 is 1.52 bits per heavy atom. The minimum absolute atomic E-state index is 0.140. The summed E-state index contributed by atoms with van der Waals surface area (Å²) in [5.74, 6) is 0.575. The SMILES string of the molecule is Cc1cc(C)c(NC(=O)C(C)Oc2ccc(C)c(C)c2)c(C)c1. The first-order valence-electron chi connectivity index (χ1n) is 7.90. The van der Waals surface area contributed by atoms with Crippen molar-refractivity contribution in [2.24, 2.45) is 0 Å². The summed E-state index contributed by atoms with van der Waals surface area (Å²) < 4.78 is 5.78. The van der Waals surface area contributed by atoms with Crippen LogP contribution in [0.5, 0.6) is 5.75 Å². The van der Waals surface area contributed by atoms with Crippen LogP contribution in [-0.2, 0) is 4.79 Å². The van der Waals surface area contributed by atoms with E-state index in [4.69, 9.17) is 4.74 Å². The molecule has 1 amide bonds. The number of amides is 1. The molecule has 0 fully saturated rings. The second kappa shape index (κ2) is 6.86. The largest absolute Gasteiger partial charge is 0.481 e. The lowest BCUT2D eigenvalue weighted by Crippen LogP contribution is -2.30. The van der Waals surface area contributed by atoms with Crippen molar-refractivity contribution in [3.05, 3.63) is 58.1 Å². The van der Waals surface area contributed by atoms with Crippen molar-refractivity contribution in [3.8, 4) is 5.75 Å². The van der Waals surface area contributed by atoms with Gasteiger partial charge in [-0.05, 0) is 75.9 Å². The molecular formula is C20H25NO2. The third kappa shape index (κ3) is 4.13. The standard InChI is InChI=1S/C20H25NO2/c1-12-9-15(4)19(16(5)10-12)21-20(22)17(6)23-18-8-7-13(2)14(3)11-18/h7-11,17H,1-6H3,(H,21,22). The van der Waals surface area contributed by atoms with E-state index in [9.17, 15) is 4.79 Å². The van der Waals surface area contributed by atoms with Crippen molar-refractivity contribution in [2.75, 3.05) is 5.32 Å². The van der Waals surface area contributed by atoms with E-state index < -0.39 is 6.10 Å². The Labute approximate surface area is 138 Å². The maximum absolute atomic E-state index is 12.4. The fourth-order valence-corrected chi connectivity index (χ4v) is 2.65. The maximum Gasteiger partial charge on any atom is 0.265 e. The molecule has 0 spiro atoms. The second-order valence-electron chi connectivity index (χ2n) is 6.27. The van der Waals surface area contributed by atoms with E-state index in [1.807, 2.05) is 39.0 Å². The molecule has 0 aliphatic carbocycles. The molecule has 1 unspecified atom stereocenters. The molecular weight excluding hydrogens is 286 g/mol. The topological polar surface area (TPSA) is 38.3 Å². The molecule has 3 nitrogen and oxygen atoms in total. The molecule has 0 saturated carbocycles. The van der Waals surface area contributed by atoms with Crippen LogP contribution in [0.25, 0.3) is 0 Å². The molecule has 23 heavy (non-hydrogen) atoms. The number of anilines is 1. The lowest BCUT2D eigenvalue weighted by Gasteiger charge is -2.18. The number of aryl methyl sites for hydroxylation is 5. The number of benzene rings is 2. The Morgan fingerprint density at radius 3 is 2.09 bits per heavy atom. The summed E-state index contributed by atoms with van der Waals surface area (Å²) in [7, 11) is 0. The Hall–Kier alpha value is -2.29. The lowest BCUT2D eigenvalue weighted by molar-refractivity contribution is -0.122. The van der Waals surface area contributed by atoms with Gasteiger partial charge in [-0.15, -0.1) is 0 Å². The molecule has 1 N–H and O–H groups in total. The van der Waals surface area contributed by atoms with Crippen LogP contribution in [0.2, 0.25) is 0 Å². The third-order valence-corrected chi connectivity index (χ3v) is 4.09. The van der Waals surface area contributed by atoms with E-state index >= 15 is 0 Å². The smallest absolute Gasteiger partial charge is 0.265 e. The zero-order valence-corrected chi connectivity index (χ0v) is 14.8. The van der Waals surface area contributed by atoms with Crippen LogP contribution in [0.15, 0.2) is 30.3 Å². The van der Waals surface area contributed by atoms with Gasteiger partial charge in [-0.3, -0.25) is 4.79 Å². The van der Waals surface area contributed by atoms with Gasteiger partial charge in [0.25, 0.3) is 5.91 Å². The highest BCUT2D eigenvalue weighted by atomic mass is 16.5. The van der Waals surface area contributed by atoms with Gasteiger partial charge < -0.3 is 10.1 Å². The van der Waals surface area contributed by atoms with E-state index in [1.165, 1.54) is 11.1 Å². The van der Waals surface area contributed by atoms with Crippen LogP contribution < -0.4 is 10.1 Å². The summed E-state index contributed by atoms with van der Waals surface area (Å²) in [4.78, 5) is 12.4. The maximum atomic E-state index is 12.4. The second-order valence-corrected chi connectivity index (χ2v) is 6.27. The van der Waals surface area contributed by atoms with Gasteiger partial charge in [0.2, 0.25) is 0 Å². The quantitative estimate of drug-likeness (QED) is 0.893. The van der Waals surface area contributed by atoms with Crippen LogP contribution in [0, 0.1) is 34.6 Å². The Morgan fingerprint density at radius 1 is 0.913 bits per heavy atom. The molecule has 3 heteroatoms. The van der Waals surface area contributed by atoms with Crippen molar-refractivity contribution in [1.82, 2.24) is 0 Å². The van der Waals surface area contributed by atoms with Gasteiger partial charge in [-0.2, -0.15) is 0 Å². The Kier molecular flexibility index (Phi) is 5.09. The van der Waals surface area contributed by atoms with E-state index in [0.717, 1.165) is 22.4 Å². The highest BCUT2D eigenvalue weighted by Crippen LogP contribution is 2.23. The summed E-state index contributed by atoms with van der Waals surface area (Å²) in [5.41, 5.74) is 6.55. The van der Waals surface area contributed by atoms with Crippen molar-refractivity contribution < 1.29 is 9.53 Å². The zero-order chi connectivity index (χ0) is 17.1. The molecule has 2 aromatic rings. The fraction of sp³-hybridized carbons (Fsp3) is 0.350. The van der Waals surface area contributed by atoms with Crippen LogP contribution in [0.1, 0.15) is 34.7 Å². The number of rotatable bonds is 4. The van der Waals surface area contributed by atoms with Gasteiger partial charge in [0.1, 0.15) is 5.75 Å². The number of carbonyl (C=O) groups is 1. The third-order valence-electron chi connectivity index (χ3n) is 4.09. The van der Waals surface area contributed by atoms with E-state index in [-0.39, 0.29) is 5.91 Å². The molecule has 1 atom stereocenters. The number of carbonyl (C=O) groups excluding carboxylic acids is 1. The summed E-state index contributed by atoms with van der Waals surface area (Å²) in [6, 6.07) is 9.99. The first-order valence-corrected chi connectivity index (χ1v) is 7.90. The number of hydrogen-bond donors (Lipinski definition) is 1. The number of ether oxygens (including phenoxy) is 1. The average molecular weight is 311 g/mol. The number of nitrogens with one attached hydrogen (secondary N) is 1. The molecule has 0 heterocycles. The van der Waals surface area contributed by atoms with E-state index in [2.05, 4.69) is 31.3 Å². The Balaban J connectivity index is 2.10. The average Bonchev–Trinajstić information content (AvgIpc) is 2.46. The molecule has 2 rings (SSSR count). The van der Waals surface area contributed by atoms with Crippen LogP contribution in [-0.4, -0.2) is 12.0 Å². The molecule has 2 aromatic carbocycles. The predicted molar refractivity (Wildman–Crippen MR) is 95.3 cm³/mol. The highest BCUT2D eigenvalue weighted by molar-refractivity contribution is 5.95. The molecule has 0 aliphatic heterocycles. The molecule has 0 aliphatic rings. The van der Waals surface area contributed by atoms with E-state index in [1.54, 1.807) is 6.92 Å². The monoisotopic (exact) mass is 311 g/mol. The van der Waals surface area contributed by atoms with Crippen LogP contribution >= 0.6 is 0 Å². The summed E-state index contributed by atoms with van der Waals surface area (Å²) >= 11 is 0. The van der Waals surface area contributed by atoms with Crippen molar-refractivity contribution in [1.29, 1.82) is 0 Å². The first kappa shape index (κ1) is 17.1. The molecule has 122 valence electrons. The van der Waals surface area contributed by atoms with Crippen molar-refractivity contribution in [2.45, 2.75) is 47.6 Å². The van der Waals surface area contributed by atoms with Gasteiger partial charge in [-0.25, -0.2) is 0 Å². The predicted octanol–water partition coefficient (Wildman–Crippen LogP) is 4.63. The van der Waals surface area contributed by atoms with E-state index in [0.29, 0.717) is 5.75 Å². The zero-order valence-electron chi connectivity index (χ0n) is 14.8. The van der Waals surface area contributed by atoms with Gasteiger partial charge in [0, 0.05) is 5.69 Å². The highest BCUT2D eigenvalue weighted by Gasteiger charge is 2.17. The molecule has 0 radical (unpaired) electrons. The summed E-state index contributed by atoms with van der Waals surface area (Å²) in [6.45, 7) is 11.9. The normalized spacial score (nSPS) is 11.9. The fourth-order valence-electron chi connectivity index (χ4n) is 2.65. The summed E-state index contributed by atoms with van der Waals surface area (Å²) in [5, 5.41) is 2.99. The van der Waals surface area contributed by atoms with Crippen LogP contribution in [0.3, 0.4) is 0 Å². The van der Waals surface area contributed by atoms with Gasteiger partial charge in [0.15, 0.2) is 6.10 Å². The minimum Gasteiger partial charge on any atom is -0.481 e. The van der Waals surface area contributed by atoms with Gasteiger partial charge in [0.05, 0.1) is 0 Å². The molecule has 0 saturated heterocycles. The van der Waals surface area contributed by atoms with Crippen molar-refractivity contribution >= 4 is 11.6 Å².